The molecule has 1 saturated heterocycles. The van der Waals surface area contributed by atoms with Crippen LogP contribution in [0.15, 0.2) is 54.9 Å². The van der Waals surface area contributed by atoms with Gasteiger partial charge < -0.3 is 10.6 Å². The Labute approximate surface area is 165 Å². The summed E-state index contributed by atoms with van der Waals surface area (Å²) in [7, 11) is 1.91. The minimum absolute atomic E-state index is 0. The lowest BCUT2D eigenvalue weighted by atomic mass is 9.90. The standard InChI is InChI=1S/C21H24N4O.ClH/c1-25-14-18(11-24-25)19-12-22-13-20(19)21(26)23-9-8-15-6-7-16-4-2-3-5-17(16)10-15;/h2-7,10-11,14,19-20,22H,8-9,12-13H2,1H3,(H,23,26);1H/t19-,20+;/m1./s1. The van der Waals surface area contributed by atoms with E-state index in [0.717, 1.165) is 25.1 Å². The van der Waals surface area contributed by atoms with Crippen molar-refractivity contribution < 1.29 is 4.79 Å². The first-order valence-corrected chi connectivity index (χ1v) is 9.15. The average molecular weight is 385 g/mol. The van der Waals surface area contributed by atoms with Crippen LogP contribution in [0.4, 0.5) is 0 Å². The van der Waals surface area contributed by atoms with Crippen molar-refractivity contribution in [1.29, 1.82) is 0 Å². The molecule has 5 nitrogen and oxygen atoms in total. The van der Waals surface area contributed by atoms with Crippen LogP contribution in [-0.4, -0.2) is 35.3 Å². The van der Waals surface area contributed by atoms with Crippen LogP contribution in [-0.2, 0) is 18.3 Å². The van der Waals surface area contributed by atoms with Gasteiger partial charge in [0.05, 0.1) is 12.1 Å². The second kappa shape index (κ2) is 8.55. The third-order valence-electron chi connectivity index (χ3n) is 5.23. The zero-order valence-corrected chi connectivity index (χ0v) is 16.2. The van der Waals surface area contributed by atoms with E-state index >= 15 is 0 Å². The SMILES string of the molecule is Cl.Cn1cc([C@H]2CNC[C@@H]2C(=O)NCCc2ccc3ccccc3c2)cn1. The molecule has 1 aliphatic heterocycles. The van der Waals surface area contributed by atoms with Gasteiger partial charge in [0.25, 0.3) is 0 Å². The van der Waals surface area contributed by atoms with Crippen molar-refractivity contribution in [2.75, 3.05) is 19.6 Å². The number of nitrogens with one attached hydrogen (secondary N) is 2. The molecule has 2 N–H and O–H groups in total. The van der Waals surface area contributed by atoms with E-state index < -0.39 is 0 Å². The molecule has 1 fully saturated rings. The molecule has 0 bridgehead atoms. The fourth-order valence-electron chi connectivity index (χ4n) is 3.79. The lowest BCUT2D eigenvalue weighted by Crippen LogP contribution is -2.35. The van der Waals surface area contributed by atoms with Gasteiger partial charge in [0.1, 0.15) is 0 Å². The molecule has 2 atom stereocenters. The maximum atomic E-state index is 12.7. The average Bonchev–Trinajstić information content (AvgIpc) is 3.30. The molecular formula is C21H25ClN4O. The van der Waals surface area contributed by atoms with Gasteiger partial charge in [-0.2, -0.15) is 5.10 Å². The molecule has 4 rings (SSSR count). The molecule has 27 heavy (non-hydrogen) atoms. The molecule has 3 aromatic rings. The maximum absolute atomic E-state index is 12.7. The Kier molecular flexibility index (Phi) is 6.14. The minimum Gasteiger partial charge on any atom is -0.355 e. The molecule has 0 radical (unpaired) electrons. The molecule has 1 aromatic heterocycles. The van der Waals surface area contributed by atoms with E-state index in [-0.39, 0.29) is 30.2 Å². The molecule has 0 saturated carbocycles. The van der Waals surface area contributed by atoms with Gasteiger partial charge in [-0.05, 0) is 28.3 Å². The Morgan fingerprint density at radius 1 is 1.22 bits per heavy atom. The zero-order chi connectivity index (χ0) is 17.9. The van der Waals surface area contributed by atoms with Crippen molar-refractivity contribution in [3.63, 3.8) is 0 Å². The number of hydrogen-bond acceptors (Lipinski definition) is 3. The quantitative estimate of drug-likeness (QED) is 0.711. The van der Waals surface area contributed by atoms with Gasteiger partial charge >= 0.3 is 0 Å². The summed E-state index contributed by atoms with van der Waals surface area (Å²) >= 11 is 0. The molecule has 1 aliphatic rings. The zero-order valence-electron chi connectivity index (χ0n) is 15.4. The Hall–Kier alpha value is -2.37. The Morgan fingerprint density at radius 2 is 2.04 bits per heavy atom. The van der Waals surface area contributed by atoms with Gasteiger partial charge in [-0.25, -0.2) is 0 Å². The first-order valence-electron chi connectivity index (χ1n) is 9.15. The highest BCUT2D eigenvalue weighted by molar-refractivity contribution is 5.85. The monoisotopic (exact) mass is 384 g/mol. The lowest BCUT2D eigenvalue weighted by Gasteiger charge is -2.17. The molecule has 142 valence electrons. The number of fused-ring (bicyclic) bond motifs is 1. The predicted molar refractivity (Wildman–Crippen MR) is 110 cm³/mol. The Balaban J connectivity index is 0.00000210. The highest BCUT2D eigenvalue weighted by atomic mass is 35.5. The topological polar surface area (TPSA) is 59.0 Å². The number of rotatable bonds is 5. The molecule has 2 heterocycles. The number of carbonyl (C=O) groups excluding carboxylic acids is 1. The van der Waals surface area contributed by atoms with Crippen LogP contribution < -0.4 is 10.6 Å². The van der Waals surface area contributed by atoms with Gasteiger partial charge in [0.15, 0.2) is 0 Å². The number of aromatic nitrogens is 2. The van der Waals surface area contributed by atoms with Crippen LogP contribution in [0, 0.1) is 5.92 Å². The van der Waals surface area contributed by atoms with Gasteiger partial charge in [-0.3, -0.25) is 9.48 Å². The smallest absolute Gasteiger partial charge is 0.225 e. The molecule has 6 heteroatoms. The van der Waals surface area contributed by atoms with Crippen molar-refractivity contribution >= 4 is 29.1 Å². The Bertz CT molecular complexity index is 923. The molecule has 0 aliphatic carbocycles. The number of nitrogens with zero attached hydrogens (tertiary/aromatic N) is 2. The summed E-state index contributed by atoms with van der Waals surface area (Å²) in [5, 5.41) is 13.2. The maximum Gasteiger partial charge on any atom is 0.225 e. The van der Waals surface area contributed by atoms with Crippen molar-refractivity contribution in [3.05, 3.63) is 66.0 Å². The van der Waals surface area contributed by atoms with E-state index in [1.165, 1.54) is 16.3 Å². The molecule has 0 unspecified atom stereocenters. The summed E-state index contributed by atoms with van der Waals surface area (Å²) in [4.78, 5) is 12.7. The summed E-state index contributed by atoms with van der Waals surface area (Å²) in [5.74, 6) is 0.296. The number of amides is 1. The number of carbonyl (C=O) groups is 1. The molecular weight excluding hydrogens is 360 g/mol. The second-order valence-corrected chi connectivity index (χ2v) is 7.04. The number of halogens is 1. The van der Waals surface area contributed by atoms with Crippen LogP contribution >= 0.6 is 12.4 Å². The lowest BCUT2D eigenvalue weighted by molar-refractivity contribution is -0.124. The van der Waals surface area contributed by atoms with E-state index in [1.807, 2.05) is 19.4 Å². The van der Waals surface area contributed by atoms with E-state index in [9.17, 15) is 4.79 Å². The second-order valence-electron chi connectivity index (χ2n) is 7.04. The fourth-order valence-corrected chi connectivity index (χ4v) is 3.79. The summed E-state index contributed by atoms with van der Waals surface area (Å²) in [5.41, 5.74) is 2.38. The van der Waals surface area contributed by atoms with E-state index in [4.69, 9.17) is 0 Å². The van der Waals surface area contributed by atoms with Crippen LogP contribution in [0.2, 0.25) is 0 Å². The summed E-state index contributed by atoms with van der Waals surface area (Å²) in [6.45, 7) is 2.21. The highest BCUT2D eigenvalue weighted by Crippen LogP contribution is 2.27. The predicted octanol–water partition coefficient (Wildman–Crippen LogP) is 2.66. The number of benzene rings is 2. The van der Waals surface area contributed by atoms with Crippen molar-refractivity contribution in [1.82, 2.24) is 20.4 Å². The van der Waals surface area contributed by atoms with Gasteiger partial charge in [-0.15, -0.1) is 12.4 Å². The molecule has 0 spiro atoms. The van der Waals surface area contributed by atoms with Crippen LogP contribution in [0.25, 0.3) is 10.8 Å². The van der Waals surface area contributed by atoms with Crippen molar-refractivity contribution in [2.45, 2.75) is 12.3 Å². The Morgan fingerprint density at radius 3 is 2.81 bits per heavy atom. The highest BCUT2D eigenvalue weighted by Gasteiger charge is 2.34. The van der Waals surface area contributed by atoms with E-state index in [1.54, 1.807) is 4.68 Å². The summed E-state index contributed by atoms with van der Waals surface area (Å²) in [6.07, 6.45) is 4.72. The fraction of sp³-hybridized carbons (Fsp3) is 0.333. The summed E-state index contributed by atoms with van der Waals surface area (Å²) < 4.78 is 1.79. The summed E-state index contributed by atoms with van der Waals surface area (Å²) in [6, 6.07) is 14.8. The first-order chi connectivity index (χ1) is 12.7. The largest absolute Gasteiger partial charge is 0.355 e. The first kappa shape index (κ1) is 19.4. The number of hydrogen-bond donors (Lipinski definition) is 2. The minimum atomic E-state index is -0.0317. The molecule has 1 amide bonds. The normalized spacial score (nSPS) is 19.0. The van der Waals surface area contributed by atoms with E-state index in [0.29, 0.717) is 6.54 Å². The third kappa shape index (κ3) is 4.31. The van der Waals surface area contributed by atoms with Crippen molar-refractivity contribution in [2.24, 2.45) is 13.0 Å². The van der Waals surface area contributed by atoms with Crippen LogP contribution in [0.1, 0.15) is 17.0 Å². The van der Waals surface area contributed by atoms with Crippen molar-refractivity contribution in [3.8, 4) is 0 Å². The van der Waals surface area contributed by atoms with E-state index in [2.05, 4.69) is 58.2 Å². The number of aryl methyl sites for hydroxylation is 1. The molecule has 2 aromatic carbocycles. The van der Waals surface area contributed by atoms with Crippen LogP contribution in [0.5, 0.6) is 0 Å². The third-order valence-corrected chi connectivity index (χ3v) is 5.23. The van der Waals surface area contributed by atoms with Crippen LogP contribution in [0.3, 0.4) is 0 Å². The van der Waals surface area contributed by atoms with Gasteiger partial charge in [0.2, 0.25) is 5.91 Å². The van der Waals surface area contributed by atoms with Gasteiger partial charge in [0, 0.05) is 38.8 Å². The van der Waals surface area contributed by atoms with Gasteiger partial charge in [-0.1, -0.05) is 42.5 Å².